The predicted octanol–water partition coefficient (Wildman–Crippen LogP) is 3.21. The molecule has 1 aromatic heterocycles. The van der Waals surface area contributed by atoms with Crippen molar-refractivity contribution in [3.8, 4) is 11.5 Å². The SMILES string of the molecule is Cc1oc(-c2ccccc2)nc1CC(=O)N(C)CC(F)(F)F. The maximum atomic E-state index is 12.3. The molecule has 0 spiro atoms. The van der Waals surface area contributed by atoms with E-state index in [1.165, 1.54) is 0 Å². The number of rotatable bonds is 4. The van der Waals surface area contributed by atoms with Crippen LogP contribution in [0.2, 0.25) is 0 Å². The summed E-state index contributed by atoms with van der Waals surface area (Å²) in [6.45, 7) is 0.347. The Bertz CT molecular complexity index is 651. The third-order valence-corrected chi connectivity index (χ3v) is 3.07. The minimum Gasteiger partial charge on any atom is -0.441 e. The molecular formula is C15H15F3N2O2. The van der Waals surface area contributed by atoms with Crippen LogP contribution in [0.15, 0.2) is 34.7 Å². The molecule has 1 aromatic carbocycles. The van der Waals surface area contributed by atoms with Gasteiger partial charge >= 0.3 is 6.18 Å². The molecular weight excluding hydrogens is 297 g/mol. The van der Waals surface area contributed by atoms with E-state index in [-0.39, 0.29) is 6.42 Å². The van der Waals surface area contributed by atoms with Crippen LogP contribution in [-0.2, 0) is 11.2 Å². The highest BCUT2D eigenvalue weighted by Crippen LogP contribution is 2.22. The van der Waals surface area contributed by atoms with Gasteiger partial charge in [-0.2, -0.15) is 13.2 Å². The first kappa shape index (κ1) is 16.1. The molecule has 0 atom stereocenters. The number of hydrogen-bond acceptors (Lipinski definition) is 3. The molecule has 4 nitrogen and oxygen atoms in total. The lowest BCUT2D eigenvalue weighted by Crippen LogP contribution is -2.36. The summed E-state index contributed by atoms with van der Waals surface area (Å²) in [7, 11) is 1.11. The van der Waals surface area contributed by atoms with Crippen LogP contribution in [0, 0.1) is 6.92 Å². The third kappa shape index (κ3) is 4.09. The minimum absolute atomic E-state index is 0.227. The van der Waals surface area contributed by atoms with E-state index >= 15 is 0 Å². The lowest BCUT2D eigenvalue weighted by Gasteiger charge is -2.18. The van der Waals surface area contributed by atoms with E-state index in [1.54, 1.807) is 19.1 Å². The zero-order chi connectivity index (χ0) is 16.3. The number of aryl methyl sites for hydroxylation is 1. The van der Waals surface area contributed by atoms with E-state index in [9.17, 15) is 18.0 Å². The average Bonchev–Trinajstić information content (AvgIpc) is 2.79. The Morgan fingerprint density at radius 3 is 2.50 bits per heavy atom. The van der Waals surface area contributed by atoms with Crippen molar-refractivity contribution in [2.24, 2.45) is 0 Å². The molecule has 0 N–H and O–H groups in total. The molecule has 0 aliphatic carbocycles. The van der Waals surface area contributed by atoms with Crippen molar-refractivity contribution in [1.82, 2.24) is 9.88 Å². The molecule has 118 valence electrons. The van der Waals surface area contributed by atoms with Crippen molar-refractivity contribution in [3.05, 3.63) is 41.8 Å². The van der Waals surface area contributed by atoms with Gasteiger partial charge in [-0.25, -0.2) is 4.98 Å². The van der Waals surface area contributed by atoms with Crippen LogP contribution >= 0.6 is 0 Å². The summed E-state index contributed by atoms with van der Waals surface area (Å²) in [4.78, 5) is 16.7. The Hall–Kier alpha value is -2.31. The van der Waals surface area contributed by atoms with Gasteiger partial charge in [-0.05, 0) is 19.1 Å². The van der Waals surface area contributed by atoms with Crippen LogP contribution in [0.4, 0.5) is 13.2 Å². The van der Waals surface area contributed by atoms with E-state index in [1.807, 2.05) is 18.2 Å². The second-order valence-corrected chi connectivity index (χ2v) is 4.93. The third-order valence-electron chi connectivity index (χ3n) is 3.07. The minimum atomic E-state index is -4.42. The maximum Gasteiger partial charge on any atom is 0.406 e. The fourth-order valence-corrected chi connectivity index (χ4v) is 1.93. The zero-order valence-corrected chi connectivity index (χ0v) is 12.1. The van der Waals surface area contributed by atoms with Gasteiger partial charge in [0.05, 0.1) is 12.1 Å². The van der Waals surface area contributed by atoms with Crippen molar-refractivity contribution in [1.29, 1.82) is 0 Å². The fraction of sp³-hybridized carbons (Fsp3) is 0.333. The topological polar surface area (TPSA) is 46.3 Å². The summed E-state index contributed by atoms with van der Waals surface area (Å²) in [6, 6.07) is 9.07. The summed E-state index contributed by atoms with van der Waals surface area (Å²) < 4.78 is 42.3. The Kier molecular flexibility index (Phi) is 4.54. The van der Waals surface area contributed by atoms with Gasteiger partial charge in [0.15, 0.2) is 0 Å². The number of benzene rings is 1. The molecule has 0 saturated heterocycles. The van der Waals surface area contributed by atoms with Gasteiger partial charge in [-0.3, -0.25) is 4.79 Å². The Morgan fingerprint density at radius 1 is 1.27 bits per heavy atom. The second-order valence-electron chi connectivity index (χ2n) is 4.93. The number of amides is 1. The first-order valence-corrected chi connectivity index (χ1v) is 6.58. The molecule has 1 heterocycles. The highest BCUT2D eigenvalue weighted by molar-refractivity contribution is 5.78. The number of halogens is 3. The number of alkyl halides is 3. The van der Waals surface area contributed by atoms with E-state index in [2.05, 4.69) is 4.98 Å². The van der Waals surface area contributed by atoms with Gasteiger partial charge in [0.1, 0.15) is 12.3 Å². The number of likely N-dealkylation sites (N-methyl/N-ethyl adjacent to an activating group) is 1. The number of carbonyl (C=O) groups is 1. The summed E-state index contributed by atoms with van der Waals surface area (Å²) in [6.07, 6.45) is -4.65. The number of carbonyl (C=O) groups excluding carboxylic acids is 1. The van der Waals surface area contributed by atoms with Crippen molar-refractivity contribution < 1.29 is 22.4 Å². The molecule has 1 amide bonds. The first-order chi connectivity index (χ1) is 10.3. The predicted molar refractivity (Wildman–Crippen MR) is 74.1 cm³/mol. The normalized spacial score (nSPS) is 11.5. The average molecular weight is 312 g/mol. The van der Waals surface area contributed by atoms with Crippen LogP contribution in [-0.4, -0.2) is 35.6 Å². The van der Waals surface area contributed by atoms with E-state index < -0.39 is 18.6 Å². The molecule has 0 unspecified atom stereocenters. The van der Waals surface area contributed by atoms with Gasteiger partial charge < -0.3 is 9.32 Å². The maximum absolute atomic E-state index is 12.3. The number of hydrogen-bond donors (Lipinski definition) is 0. The largest absolute Gasteiger partial charge is 0.441 e. The lowest BCUT2D eigenvalue weighted by atomic mass is 10.2. The molecule has 0 bridgehead atoms. The molecule has 0 saturated carbocycles. The summed E-state index contributed by atoms with van der Waals surface area (Å²) >= 11 is 0. The van der Waals surface area contributed by atoms with Crippen molar-refractivity contribution in [2.75, 3.05) is 13.6 Å². The van der Waals surface area contributed by atoms with Crippen LogP contribution in [0.3, 0.4) is 0 Å². The first-order valence-electron chi connectivity index (χ1n) is 6.58. The highest BCUT2D eigenvalue weighted by Gasteiger charge is 2.31. The Labute approximate surface area is 125 Å². The Balaban J connectivity index is 2.11. The molecule has 0 aliphatic heterocycles. The van der Waals surface area contributed by atoms with E-state index in [4.69, 9.17) is 4.42 Å². The quantitative estimate of drug-likeness (QED) is 0.871. The molecule has 22 heavy (non-hydrogen) atoms. The van der Waals surface area contributed by atoms with E-state index in [0.29, 0.717) is 22.2 Å². The molecule has 2 rings (SSSR count). The van der Waals surface area contributed by atoms with Crippen LogP contribution in [0.25, 0.3) is 11.5 Å². The fourth-order valence-electron chi connectivity index (χ4n) is 1.93. The second kappa shape index (κ2) is 6.21. The van der Waals surface area contributed by atoms with E-state index in [0.717, 1.165) is 12.6 Å². The summed E-state index contributed by atoms with van der Waals surface area (Å²) in [5, 5.41) is 0. The standard InChI is InChI=1S/C15H15F3N2O2/c1-10-12(8-13(21)20(2)9-15(16,17)18)19-14(22-10)11-6-4-3-5-7-11/h3-7H,8-9H2,1-2H3. The van der Waals surface area contributed by atoms with Gasteiger partial charge in [0.2, 0.25) is 11.8 Å². The summed E-state index contributed by atoms with van der Waals surface area (Å²) in [5.74, 6) is 0.111. The molecule has 7 heteroatoms. The Morgan fingerprint density at radius 2 is 1.91 bits per heavy atom. The van der Waals surface area contributed by atoms with Crippen molar-refractivity contribution in [2.45, 2.75) is 19.5 Å². The zero-order valence-electron chi connectivity index (χ0n) is 12.1. The monoisotopic (exact) mass is 312 g/mol. The van der Waals surface area contributed by atoms with Gasteiger partial charge in [0, 0.05) is 12.6 Å². The van der Waals surface area contributed by atoms with Crippen LogP contribution < -0.4 is 0 Å². The molecule has 0 radical (unpaired) electrons. The van der Waals surface area contributed by atoms with Gasteiger partial charge in [-0.15, -0.1) is 0 Å². The van der Waals surface area contributed by atoms with Crippen LogP contribution in [0.5, 0.6) is 0 Å². The van der Waals surface area contributed by atoms with Crippen molar-refractivity contribution in [3.63, 3.8) is 0 Å². The number of aromatic nitrogens is 1. The summed E-state index contributed by atoms with van der Waals surface area (Å²) in [5.41, 5.74) is 1.09. The smallest absolute Gasteiger partial charge is 0.406 e. The van der Waals surface area contributed by atoms with Gasteiger partial charge in [-0.1, -0.05) is 18.2 Å². The number of oxazole rings is 1. The van der Waals surface area contributed by atoms with Gasteiger partial charge in [0.25, 0.3) is 0 Å². The number of nitrogens with zero attached hydrogens (tertiary/aromatic N) is 2. The molecule has 0 fully saturated rings. The molecule has 0 aliphatic rings. The molecule has 2 aromatic rings. The van der Waals surface area contributed by atoms with Crippen LogP contribution in [0.1, 0.15) is 11.5 Å². The lowest BCUT2D eigenvalue weighted by molar-refractivity contribution is -0.158. The highest BCUT2D eigenvalue weighted by atomic mass is 19.4. The van der Waals surface area contributed by atoms with Crippen molar-refractivity contribution >= 4 is 5.91 Å².